The maximum Gasteiger partial charge on any atom is 0.261 e. The highest BCUT2D eigenvalue weighted by Gasteiger charge is 2.33. The van der Waals surface area contributed by atoms with Gasteiger partial charge in [-0.3, -0.25) is 9.52 Å². The van der Waals surface area contributed by atoms with Gasteiger partial charge in [-0.1, -0.05) is 45.9 Å². The number of aryl methyl sites for hydroxylation is 1. The summed E-state index contributed by atoms with van der Waals surface area (Å²) < 4.78 is 30.4. The fourth-order valence-corrected chi connectivity index (χ4v) is 5.75. The van der Waals surface area contributed by atoms with Gasteiger partial charge in [0.15, 0.2) is 0 Å². The predicted octanol–water partition coefficient (Wildman–Crippen LogP) is 5.37. The lowest BCUT2D eigenvalue weighted by Gasteiger charge is -2.36. The molecule has 6 nitrogen and oxygen atoms in total. The fraction of sp³-hybridized carbons (Fsp3) is 0.444. The number of carbonyl (C=O) groups excluding carboxylic acids is 1. The van der Waals surface area contributed by atoms with Gasteiger partial charge in [0.05, 0.1) is 4.90 Å². The minimum Gasteiger partial charge on any atom is -0.350 e. The molecule has 1 fully saturated rings. The number of amides is 1. The van der Waals surface area contributed by atoms with E-state index in [-0.39, 0.29) is 22.1 Å². The van der Waals surface area contributed by atoms with Crippen LogP contribution in [-0.4, -0.2) is 36.9 Å². The van der Waals surface area contributed by atoms with Crippen LogP contribution in [0.25, 0.3) is 10.9 Å². The van der Waals surface area contributed by atoms with Crippen LogP contribution in [0.15, 0.2) is 59.6 Å². The molecule has 1 N–H and O–H groups in total. The highest BCUT2D eigenvalue weighted by Crippen LogP contribution is 2.37. The Morgan fingerprint density at radius 1 is 1.06 bits per heavy atom. The second kappa shape index (κ2) is 9.10. The summed E-state index contributed by atoms with van der Waals surface area (Å²) in [6, 6.07) is 14.1. The van der Waals surface area contributed by atoms with E-state index in [1.54, 1.807) is 30.3 Å². The van der Waals surface area contributed by atoms with Crippen molar-refractivity contribution < 1.29 is 13.2 Å². The van der Waals surface area contributed by atoms with Crippen molar-refractivity contribution in [2.75, 3.05) is 17.8 Å². The number of fused-ring (bicyclic) bond motifs is 1. The molecule has 3 aromatic rings. The summed E-state index contributed by atoms with van der Waals surface area (Å²) in [7, 11) is -1.63. The third-order valence-corrected chi connectivity index (χ3v) is 8.64. The van der Waals surface area contributed by atoms with Crippen molar-refractivity contribution in [3.8, 4) is 0 Å². The standard InChI is InChI=1S/C27H35N3O3S/c1-19(27(2,3)4)26(31)30-15-13-20(14-16-30)24-18-29(5)25-12-11-21(17-23(24)25)28-34(32,33)22-9-7-6-8-10-22/h6-12,17-20,28H,13-16H2,1-5H3. The van der Waals surface area contributed by atoms with Gasteiger partial charge in [0.2, 0.25) is 5.91 Å². The van der Waals surface area contributed by atoms with Crippen molar-refractivity contribution in [3.05, 3.63) is 60.3 Å². The quantitative estimate of drug-likeness (QED) is 0.533. The molecule has 2 heterocycles. The van der Waals surface area contributed by atoms with Crippen molar-refractivity contribution >= 4 is 32.5 Å². The SMILES string of the molecule is CC(C(=O)N1CCC(c2cn(C)c3ccc(NS(=O)(=O)c4ccccc4)cc23)CC1)C(C)(C)C. The molecule has 1 aliphatic heterocycles. The summed E-state index contributed by atoms with van der Waals surface area (Å²) in [5, 5.41) is 1.06. The number of hydrogen-bond acceptors (Lipinski definition) is 3. The number of hydrogen-bond donors (Lipinski definition) is 1. The van der Waals surface area contributed by atoms with Gasteiger partial charge < -0.3 is 9.47 Å². The Kier molecular flexibility index (Phi) is 6.51. The van der Waals surface area contributed by atoms with E-state index in [0.717, 1.165) is 36.8 Å². The third kappa shape index (κ3) is 4.85. The Morgan fingerprint density at radius 3 is 2.32 bits per heavy atom. The maximum absolute atomic E-state index is 13.0. The van der Waals surface area contributed by atoms with Gasteiger partial charge in [-0.05, 0) is 60.1 Å². The molecule has 1 aliphatic rings. The molecule has 2 aromatic carbocycles. The summed E-state index contributed by atoms with van der Waals surface area (Å²) in [6.45, 7) is 9.87. The van der Waals surface area contributed by atoms with Crippen molar-refractivity contribution in [2.24, 2.45) is 18.4 Å². The molecule has 0 radical (unpaired) electrons. The summed E-state index contributed by atoms with van der Waals surface area (Å²) in [6.07, 6.45) is 3.96. The van der Waals surface area contributed by atoms with Crippen molar-refractivity contribution in [3.63, 3.8) is 0 Å². The van der Waals surface area contributed by atoms with E-state index in [2.05, 4.69) is 36.3 Å². The third-order valence-electron chi connectivity index (χ3n) is 7.24. The van der Waals surface area contributed by atoms with Crippen LogP contribution in [0, 0.1) is 11.3 Å². The molecule has 0 spiro atoms. The molecule has 0 bridgehead atoms. The molecule has 34 heavy (non-hydrogen) atoms. The second-order valence-electron chi connectivity index (χ2n) is 10.5. The lowest BCUT2D eigenvalue weighted by molar-refractivity contribution is -0.139. The van der Waals surface area contributed by atoms with Crippen LogP contribution >= 0.6 is 0 Å². The number of carbonyl (C=O) groups is 1. The Labute approximate surface area is 203 Å². The Hall–Kier alpha value is -2.80. The summed E-state index contributed by atoms with van der Waals surface area (Å²) >= 11 is 0. The predicted molar refractivity (Wildman–Crippen MR) is 137 cm³/mol. The molecule has 0 aliphatic carbocycles. The second-order valence-corrected chi connectivity index (χ2v) is 12.2. The van der Waals surface area contributed by atoms with Crippen LogP contribution in [0.1, 0.15) is 52.0 Å². The summed E-state index contributed by atoms with van der Waals surface area (Å²) in [5.41, 5.74) is 2.79. The smallest absolute Gasteiger partial charge is 0.261 e. The molecule has 7 heteroatoms. The fourth-order valence-electron chi connectivity index (χ4n) is 4.68. The molecule has 1 aromatic heterocycles. The van der Waals surface area contributed by atoms with Gasteiger partial charge in [0.25, 0.3) is 10.0 Å². The minimum atomic E-state index is -3.65. The van der Waals surface area contributed by atoms with Gasteiger partial charge in [-0.15, -0.1) is 0 Å². The number of nitrogens with one attached hydrogen (secondary N) is 1. The summed E-state index contributed by atoms with van der Waals surface area (Å²) in [5.74, 6) is 0.557. The van der Waals surface area contributed by atoms with Gasteiger partial charge >= 0.3 is 0 Å². The van der Waals surface area contributed by atoms with E-state index in [9.17, 15) is 13.2 Å². The van der Waals surface area contributed by atoms with E-state index in [4.69, 9.17) is 0 Å². The molecule has 1 amide bonds. The number of nitrogens with zero attached hydrogens (tertiary/aromatic N) is 2. The first-order valence-electron chi connectivity index (χ1n) is 11.9. The van der Waals surface area contributed by atoms with Crippen LogP contribution < -0.4 is 4.72 Å². The molecule has 1 atom stereocenters. The van der Waals surface area contributed by atoms with Crippen molar-refractivity contribution in [1.82, 2.24) is 9.47 Å². The normalized spacial score (nSPS) is 16.6. The monoisotopic (exact) mass is 481 g/mol. The largest absolute Gasteiger partial charge is 0.350 e. The van der Waals surface area contributed by atoms with Gasteiger partial charge in [-0.25, -0.2) is 8.42 Å². The van der Waals surface area contributed by atoms with Crippen molar-refractivity contribution in [2.45, 2.75) is 51.3 Å². The lowest BCUT2D eigenvalue weighted by Crippen LogP contribution is -2.43. The Bertz CT molecular complexity index is 1280. The topological polar surface area (TPSA) is 71.4 Å². The summed E-state index contributed by atoms with van der Waals surface area (Å²) in [4.78, 5) is 15.2. The molecular formula is C27H35N3O3S. The van der Waals surface area contributed by atoms with E-state index in [0.29, 0.717) is 11.6 Å². The molecular weight excluding hydrogens is 446 g/mol. The zero-order valence-electron chi connectivity index (χ0n) is 20.7. The minimum absolute atomic E-state index is 0.0122. The van der Waals surface area contributed by atoms with Crippen molar-refractivity contribution in [1.29, 1.82) is 0 Å². The number of benzene rings is 2. The number of rotatable bonds is 5. The number of sulfonamides is 1. The Balaban J connectivity index is 1.55. The van der Waals surface area contributed by atoms with Crippen LogP contribution in [0.3, 0.4) is 0 Å². The van der Waals surface area contributed by atoms with E-state index in [1.807, 2.05) is 37.1 Å². The zero-order valence-corrected chi connectivity index (χ0v) is 21.5. The maximum atomic E-state index is 13.0. The number of aromatic nitrogens is 1. The highest BCUT2D eigenvalue weighted by atomic mass is 32.2. The van der Waals surface area contributed by atoms with Crippen LogP contribution in [-0.2, 0) is 21.9 Å². The van der Waals surface area contributed by atoms with E-state index >= 15 is 0 Å². The molecule has 4 rings (SSSR count). The molecule has 1 unspecified atom stereocenters. The Morgan fingerprint density at radius 2 is 1.71 bits per heavy atom. The number of piperidine rings is 1. The van der Waals surface area contributed by atoms with Crippen LogP contribution in [0.2, 0.25) is 0 Å². The average molecular weight is 482 g/mol. The number of anilines is 1. The average Bonchev–Trinajstić information content (AvgIpc) is 3.13. The van der Waals surface area contributed by atoms with Crippen LogP contribution in [0.5, 0.6) is 0 Å². The first-order chi connectivity index (χ1) is 16.0. The van der Waals surface area contributed by atoms with Gasteiger partial charge in [-0.2, -0.15) is 0 Å². The zero-order chi connectivity index (χ0) is 24.7. The van der Waals surface area contributed by atoms with E-state index < -0.39 is 10.0 Å². The first kappa shape index (κ1) is 24.3. The van der Waals surface area contributed by atoms with Crippen LogP contribution in [0.4, 0.5) is 5.69 Å². The van der Waals surface area contributed by atoms with E-state index in [1.165, 1.54) is 5.56 Å². The highest BCUT2D eigenvalue weighted by molar-refractivity contribution is 7.92. The molecule has 182 valence electrons. The van der Waals surface area contributed by atoms with Gasteiger partial charge in [0, 0.05) is 48.8 Å². The lowest BCUT2D eigenvalue weighted by atomic mass is 9.80. The first-order valence-corrected chi connectivity index (χ1v) is 13.4. The molecule has 0 saturated carbocycles. The van der Waals surface area contributed by atoms with Gasteiger partial charge in [0.1, 0.15) is 0 Å². The molecule has 1 saturated heterocycles. The number of likely N-dealkylation sites (tertiary alicyclic amines) is 1.